The summed E-state index contributed by atoms with van der Waals surface area (Å²) in [6, 6.07) is 17.5. The Morgan fingerprint density at radius 2 is 1.68 bits per heavy atom. The molecule has 0 atom stereocenters. The molecule has 3 aromatic rings. The molecule has 0 radical (unpaired) electrons. The number of amides is 2. The van der Waals surface area contributed by atoms with Crippen LogP contribution < -0.4 is 5.32 Å². The minimum absolute atomic E-state index is 0.0552. The molecule has 34 heavy (non-hydrogen) atoms. The summed E-state index contributed by atoms with van der Waals surface area (Å²) >= 11 is 0. The highest BCUT2D eigenvalue weighted by molar-refractivity contribution is 5.99. The van der Waals surface area contributed by atoms with Gasteiger partial charge >= 0.3 is 0 Å². The second-order valence-electron chi connectivity index (χ2n) is 9.92. The van der Waals surface area contributed by atoms with Crippen LogP contribution in [0.25, 0.3) is 5.69 Å². The number of likely N-dealkylation sites (N-methyl/N-ethyl adjacent to an activating group) is 1. The molecule has 2 aromatic carbocycles. The molecule has 6 nitrogen and oxygen atoms in total. The van der Waals surface area contributed by atoms with E-state index in [4.69, 9.17) is 5.10 Å². The normalized spacial score (nSPS) is 11.4. The second kappa shape index (κ2) is 10.7. The third-order valence-electron chi connectivity index (χ3n) is 5.77. The monoisotopic (exact) mass is 460 g/mol. The van der Waals surface area contributed by atoms with Crippen LogP contribution in [0.4, 0.5) is 5.82 Å². The van der Waals surface area contributed by atoms with Crippen LogP contribution >= 0.6 is 0 Å². The number of anilines is 1. The van der Waals surface area contributed by atoms with Crippen LogP contribution in [0.2, 0.25) is 0 Å². The van der Waals surface area contributed by atoms with Crippen LogP contribution in [0.3, 0.4) is 0 Å². The van der Waals surface area contributed by atoms with E-state index < -0.39 is 0 Å². The van der Waals surface area contributed by atoms with E-state index in [1.54, 1.807) is 11.7 Å². The Morgan fingerprint density at radius 3 is 2.26 bits per heavy atom. The molecule has 1 aromatic heterocycles. The Labute approximate surface area is 203 Å². The fourth-order valence-electron chi connectivity index (χ4n) is 3.60. The van der Waals surface area contributed by atoms with Gasteiger partial charge in [0.25, 0.3) is 5.91 Å². The zero-order valence-electron chi connectivity index (χ0n) is 21.2. The van der Waals surface area contributed by atoms with Crippen LogP contribution in [0.15, 0.2) is 54.6 Å². The summed E-state index contributed by atoms with van der Waals surface area (Å²) in [5.41, 5.74) is 4.51. The van der Waals surface area contributed by atoms with Gasteiger partial charge in [0.2, 0.25) is 5.91 Å². The van der Waals surface area contributed by atoms with Gasteiger partial charge < -0.3 is 10.2 Å². The highest BCUT2D eigenvalue weighted by Crippen LogP contribution is 2.26. The van der Waals surface area contributed by atoms with Gasteiger partial charge in [-0.2, -0.15) is 5.10 Å². The van der Waals surface area contributed by atoms with E-state index in [-0.39, 0.29) is 23.8 Å². The van der Waals surface area contributed by atoms with Crippen LogP contribution in [-0.4, -0.2) is 40.1 Å². The first-order valence-electron chi connectivity index (χ1n) is 11.9. The van der Waals surface area contributed by atoms with Gasteiger partial charge in [-0.25, -0.2) is 4.68 Å². The van der Waals surface area contributed by atoms with Gasteiger partial charge in [0, 0.05) is 24.1 Å². The van der Waals surface area contributed by atoms with Crippen LogP contribution in [-0.2, 0) is 16.6 Å². The topological polar surface area (TPSA) is 67.2 Å². The van der Waals surface area contributed by atoms with Crippen molar-refractivity contribution in [1.82, 2.24) is 14.7 Å². The summed E-state index contributed by atoms with van der Waals surface area (Å²) < 4.78 is 1.74. The molecule has 0 saturated carbocycles. The van der Waals surface area contributed by atoms with Gasteiger partial charge in [0.05, 0.1) is 17.9 Å². The third kappa shape index (κ3) is 6.34. The zero-order chi connectivity index (χ0) is 24.9. The van der Waals surface area contributed by atoms with Gasteiger partial charge in [-0.1, -0.05) is 63.9 Å². The molecule has 1 N–H and O–H groups in total. The number of unbranched alkanes of at least 4 members (excludes halogenated alkanes) is 1. The van der Waals surface area contributed by atoms with Crippen LogP contribution in [0, 0.1) is 6.92 Å². The molecule has 3 rings (SSSR count). The molecule has 0 unspecified atom stereocenters. The zero-order valence-corrected chi connectivity index (χ0v) is 21.2. The number of benzene rings is 2. The molecule has 1 heterocycles. The van der Waals surface area contributed by atoms with E-state index in [0.29, 0.717) is 11.4 Å². The van der Waals surface area contributed by atoms with Crippen molar-refractivity contribution in [2.24, 2.45) is 0 Å². The molecule has 0 spiro atoms. The lowest BCUT2D eigenvalue weighted by molar-refractivity contribution is -0.116. The lowest BCUT2D eigenvalue weighted by Crippen LogP contribution is -2.35. The molecule has 6 heteroatoms. The summed E-state index contributed by atoms with van der Waals surface area (Å²) in [5, 5.41) is 7.70. The summed E-state index contributed by atoms with van der Waals surface area (Å²) in [4.78, 5) is 27.2. The number of rotatable bonds is 8. The van der Waals surface area contributed by atoms with Gasteiger partial charge in [0.1, 0.15) is 5.82 Å². The Balaban J connectivity index is 1.72. The van der Waals surface area contributed by atoms with Crippen molar-refractivity contribution in [2.45, 2.75) is 59.3 Å². The van der Waals surface area contributed by atoms with E-state index in [0.717, 1.165) is 36.2 Å². The number of hydrogen-bond acceptors (Lipinski definition) is 3. The first-order valence-corrected chi connectivity index (χ1v) is 11.9. The van der Waals surface area contributed by atoms with E-state index in [9.17, 15) is 9.59 Å². The average Bonchev–Trinajstić information content (AvgIpc) is 3.22. The largest absolute Gasteiger partial charge is 0.332 e. The lowest BCUT2D eigenvalue weighted by atomic mass is 9.92. The predicted octanol–water partition coefficient (Wildman–Crippen LogP) is 5.53. The second-order valence-corrected chi connectivity index (χ2v) is 9.92. The number of carbonyl (C=O) groups is 2. The fourth-order valence-corrected chi connectivity index (χ4v) is 3.60. The average molecular weight is 461 g/mol. The minimum Gasteiger partial charge on any atom is -0.332 e. The van der Waals surface area contributed by atoms with Crippen molar-refractivity contribution < 1.29 is 9.59 Å². The number of nitrogens with zero attached hydrogens (tertiary/aromatic N) is 3. The highest BCUT2D eigenvalue weighted by Gasteiger charge is 2.22. The van der Waals surface area contributed by atoms with E-state index in [1.807, 2.05) is 61.5 Å². The molecule has 0 bridgehead atoms. The maximum Gasteiger partial charge on any atom is 0.254 e. The van der Waals surface area contributed by atoms with E-state index in [1.165, 1.54) is 10.5 Å². The van der Waals surface area contributed by atoms with Crippen molar-refractivity contribution in [3.8, 4) is 5.69 Å². The summed E-state index contributed by atoms with van der Waals surface area (Å²) in [5.74, 6) is 0.128. The van der Waals surface area contributed by atoms with Gasteiger partial charge in [-0.15, -0.1) is 0 Å². The minimum atomic E-state index is -0.274. The highest BCUT2D eigenvalue weighted by atomic mass is 16.2. The first kappa shape index (κ1) is 25.2. The molecular formula is C28H36N4O2. The quantitative estimate of drug-likeness (QED) is 0.480. The number of aryl methyl sites for hydroxylation is 2. The molecule has 0 aliphatic carbocycles. The van der Waals surface area contributed by atoms with Gasteiger partial charge in [-0.05, 0) is 49.6 Å². The van der Waals surface area contributed by atoms with Crippen molar-refractivity contribution in [3.05, 3.63) is 77.0 Å². The number of carbonyl (C=O) groups excluding carboxylic acids is 2. The third-order valence-corrected chi connectivity index (χ3v) is 5.77. The Kier molecular flexibility index (Phi) is 7.92. The molecular weight excluding hydrogens is 424 g/mol. The van der Waals surface area contributed by atoms with Crippen molar-refractivity contribution in [1.29, 1.82) is 0 Å². The molecule has 0 aliphatic rings. The molecule has 0 saturated heterocycles. The smallest absolute Gasteiger partial charge is 0.254 e. The summed E-state index contributed by atoms with van der Waals surface area (Å²) in [6.07, 6.45) is 3.27. The maximum atomic E-state index is 12.9. The first-order chi connectivity index (χ1) is 16.1. The van der Waals surface area contributed by atoms with Crippen molar-refractivity contribution in [3.63, 3.8) is 0 Å². The van der Waals surface area contributed by atoms with E-state index in [2.05, 4.69) is 33.0 Å². The molecule has 0 fully saturated rings. The summed E-state index contributed by atoms with van der Waals surface area (Å²) in [6.45, 7) is 10.4. The lowest BCUT2D eigenvalue weighted by Gasteiger charge is -2.17. The summed E-state index contributed by atoms with van der Waals surface area (Å²) in [7, 11) is 1.64. The fraction of sp³-hybridized carbons (Fsp3) is 0.393. The Hall–Kier alpha value is -3.41. The number of hydrogen-bond donors (Lipinski definition) is 1. The molecule has 2 amide bonds. The predicted molar refractivity (Wildman–Crippen MR) is 138 cm³/mol. The maximum absolute atomic E-state index is 12.9. The van der Waals surface area contributed by atoms with Gasteiger partial charge in [-0.3, -0.25) is 9.59 Å². The standard InChI is InChI=1S/C28H36N4O2/c1-7-8-9-21-12-14-22(15-13-21)27(34)31(6)19-26(33)29-25-18-24(28(3,4)5)30-32(25)23-16-10-20(2)11-17-23/h10-18H,7-9,19H2,1-6H3,(H,29,33). The van der Waals surface area contributed by atoms with Crippen LogP contribution in [0.5, 0.6) is 0 Å². The molecule has 0 aliphatic heterocycles. The Bertz CT molecular complexity index is 1120. The van der Waals surface area contributed by atoms with Crippen molar-refractivity contribution >= 4 is 17.6 Å². The SMILES string of the molecule is CCCCc1ccc(C(=O)N(C)CC(=O)Nc2cc(C(C)(C)C)nn2-c2ccc(C)cc2)cc1. The molecule has 180 valence electrons. The number of nitrogens with one attached hydrogen (secondary N) is 1. The van der Waals surface area contributed by atoms with Crippen LogP contribution in [0.1, 0.15) is 67.7 Å². The van der Waals surface area contributed by atoms with Crippen molar-refractivity contribution in [2.75, 3.05) is 18.9 Å². The number of aromatic nitrogens is 2. The Morgan fingerprint density at radius 1 is 1.03 bits per heavy atom. The van der Waals surface area contributed by atoms with E-state index >= 15 is 0 Å². The van der Waals surface area contributed by atoms with Gasteiger partial charge in [0.15, 0.2) is 0 Å².